The predicted molar refractivity (Wildman–Crippen MR) is 121 cm³/mol. The minimum Gasteiger partial charge on any atom is -0.492 e. The Bertz CT molecular complexity index is 1040. The summed E-state index contributed by atoms with van der Waals surface area (Å²) in [6, 6.07) is 15.6. The maximum Gasteiger partial charge on any atom is 0.293 e. The van der Waals surface area contributed by atoms with Crippen LogP contribution in [0.15, 0.2) is 71.8 Å². The van der Waals surface area contributed by atoms with E-state index in [1.54, 1.807) is 29.1 Å². The molecule has 1 aliphatic heterocycles. The first kappa shape index (κ1) is 21.8. The third-order valence-corrected chi connectivity index (χ3v) is 5.40. The van der Waals surface area contributed by atoms with Crippen LogP contribution in [0.3, 0.4) is 0 Å². The highest BCUT2D eigenvalue weighted by Crippen LogP contribution is 2.12. The van der Waals surface area contributed by atoms with Gasteiger partial charge >= 0.3 is 0 Å². The molecule has 2 heterocycles. The largest absolute Gasteiger partial charge is 0.492 e. The fourth-order valence-corrected chi connectivity index (χ4v) is 3.61. The Kier molecular flexibility index (Phi) is 7.34. The van der Waals surface area contributed by atoms with Gasteiger partial charge in [-0.05, 0) is 36.4 Å². The van der Waals surface area contributed by atoms with E-state index < -0.39 is 0 Å². The summed E-state index contributed by atoms with van der Waals surface area (Å²) in [7, 11) is 0. The van der Waals surface area contributed by atoms with E-state index in [1.807, 2.05) is 35.2 Å². The summed E-state index contributed by atoms with van der Waals surface area (Å²) >= 11 is 0. The van der Waals surface area contributed by atoms with Crippen LogP contribution in [-0.2, 0) is 6.54 Å². The molecule has 7 nitrogen and oxygen atoms in total. The SMILES string of the molecule is O=c1c(N2CCN(CCOc3ccc(F)cc3)CC2)nccn1CCOc1ccccc1. The molecule has 0 spiro atoms. The molecule has 8 heteroatoms. The van der Waals surface area contributed by atoms with Crippen molar-refractivity contribution in [2.75, 3.05) is 50.8 Å². The average molecular weight is 439 g/mol. The second-order valence-electron chi connectivity index (χ2n) is 7.54. The Labute approximate surface area is 186 Å². The zero-order chi connectivity index (χ0) is 22.2. The van der Waals surface area contributed by atoms with Crippen LogP contribution in [0.5, 0.6) is 11.5 Å². The van der Waals surface area contributed by atoms with Gasteiger partial charge in [0, 0.05) is 45.1 Å². The lowest BCUT2D eigenvalue weighted by Gasteiger charge is -2.34. The third-order valence-electron chi connectivity index (χ3n) is 5.40. The molecule has 1 saturated heterocycles. The minimum absolute atomic E-state index is 0.0998. The summed E-state index contributed by atoms with van der Waals surface area (Å²) in [5, 5.41) is 0. The van der Waals surface area contributed by atoms with E-state index in [9.17, 15) is 9.18 Å². The van der Waals surface area contributed by atoms with Crippen molar-refractivity contribution < 1.29 is 13.9 Å². The number of benzene rings is 2. The zero-order valence-electron chi connectivity index (χ0n) is 17.9. The van der Waals surface area contributed by atoms with Crippen molar-refractivity contribution in [3.63, 3.8) is 0 Å². The summed E-state index contributed by atoms with van der Waals surface area (Å²) in [6.45, 7) is 5.27. The average Bonchev–Trinajstić information content (AvgIpc) is 2.83. The van der Waals surface area contributed by atoms with Crippen LogP contribution in [0.1, 0.15) is 0 Å². The van der Waals surface area contributed by atoms with Crippen LogP contribution in [0, 0.1) is 5.82 Å². The van der Waals surface area contributed by atoms with Crippen molar-refractivity contribution in [1.82, 2.24) is 14.5 Å². The van der Waals surface area contributed by atoms with Crippen LogP contribution in [0.4, 0.5) is 10.2 Å². The maximum absolute atomic E-state index is 13.0. The lowest BCUT2D eigenvalue weighted by Crippen LogP contribution is -2.49. The first-order chi connectivity index (χ1) is 15.7. The van der Waals surface area contributed by atoms with Gasteiger partial charge < -0.3 is 18.9 Å². The van der Waals surface area contributed by atoms with Crippen molar-refractivity contribution in [2.45, 2.75) is 6.54 Å². The van der Waals surface area contributed by atoms with E-state index in [2.05, 4.69) is 9.88 Å². The van der Waals surface area contributed by atoms with E-state index in [4.69, 9.17) is 9.47 Å². The highest BCUT2D eigenvalue weighted by Gasteiger charge is 2.20. The zero-order valence-corrected chi connectivity index (χ0v) is 17.9. The smallest absolute Gasteiger partial charge is 0.293 e. The Morgan fingerprint density at radius 1 is 0.844 bits per heavy atom. The summed E-state index contributed by atoms with van der Waals surface area (Å²) in [5.41, 5.74) is -0.0998. The molecule has 0 atom stereocenters. The van der Waals surface area contributed by atoms with Crippen molar-refractivity contribution in [2.24, 2.45) is 0 Å². The fourth-order valence-electron chi connectivity index (χ4n) is 3.61. The predicted octanol–water partition coefficient (Wildman–Crippen LogP) is 2.66. The van der Waals surface area contributed by atoms with Gasteiger partial charge in [0.25, 0.3) is 5.56 Å². The molecule has 0 radical (unpaired) electrons. The van der Waals surface area contributed by atoms with Gasteiger partial charge in [-0.25, -0.2) is 9.37 Å². The molecule has 1 aliphatic rings. The summed E-state index contributed by atoms with van der Waals surface area (Å²) in [6.07, 6.45) is 3.37. The molecule has 3 aromatic rings. The molecule has 32 heavy (non-hydrogen) atoms. The number of anilines is 1. The number of rotatable bonds is 9. The molecular formula is C24H27FN4O3. The Balaban J connectivity index is 1.24. The molecule has 2 aromatic carbocycles. The van der Waals surface area contributed by atoms with Gasteiger partial charge in [-0.15, -0.1) is 0 Å². The van der Waals surface area contributed by atoms with Crippen LogP contribution < -0.4 is 19.9 Å². The Hall–Kier alpha value is -3.39. The number of para-hydroxylation sites is 1. The van der Waals surface area contributed by atoms with Crippen LogP contribution in [-0.4, -0.2) is 60.4 Å². The second-order valence-corrected chi connectivity index (χ2v) is 7.54. The first-order valence-corrected chi connectivity index (χ1v) is 10.8. The standard InChI is InChI=1S/C24H27FN4O3/c25-20-6-8-22(9-7-20)31-18-16-27-12-14-28(15-13-27)23-24(30)29(11-10-26-23)17-19-32-21-4-2-1-3-5-21/h1-11H,12-19H2. The van der Waals surface area contributed by atoms with Gasteiger partial charge in [-0.1, -0.05) is 18.2 Å². The molecule has 1 fully saturated rings. The van der Waals surface area contributed by atoms with E-state index in [-0.39, 0.29) is 11.4 Å². The highest BCUT2D eigenvalue weighted by molar-refractivity contribution is 5.36. The molecule has 0 amide bonds. The van der Waals surface area contributed by atoms with Gasteiger partial charge in [0.15, 0.2) is 5.82 Å². The van der Waals surface area contributed by atoms with Crippen molar-refractivity contribution >= 4 is 5.82 Å². The molecule has 0 N–H and O–H groups in total. The maximum atomic E-state index is 13.0. The number of aromatic nitrogens is 2. The van der Waals surface area contributed by atoms with Crippen molar-refractivity contribution in [1.29, 1.82) is 0 Å². The van der Waals surface area contributed by atoms with Crippen LogP contribution >= 0.6 is 0 Å². The molecular weight excluding hydrogens is 411 g/mol. The number of hydrogen-bond donors (Lipinski definition) is 0. The third kappa shape index (κ3) is 5.85. The number of ether oxygens (including phenoxy) is 2. The first-order valence-electron chi connectivity index (χ1n) is 10.8. The number of halogens is 1. The number of hydrogen-bond acceptors (Lipinski definition) is 6. The molecule has 168 valence electrons. The second kappa shape index (κ2) is 10.8. The van der Waals surface area contributed by atoms with Crippen LogP contribution in [0.25, 0.3) is 0 Å². The van der Waals surface area contributed by atoms with E-state index in [0.29, 0.717) is 31.3 Å². The number of piperazine rings is 1. The minimum atomic E-state index is -0.272. The molecule has 0 bridgehead atoms. The monoisotopic (exact) mass is 438 g/mol. The molecule has 0 saturated carbocycles. The molecule has 0 aliphatic carbocycles. The van der Waals surface area contributed by atoms with Gasteiger partial charge in [-0.3, -0.25) is 9.69 Å². The topological polar surface area (TPSA) is 59.8 Å². The Morgan fingerprint density at radius 2 is 1.50 bits per heavy atom. The summed E-state index contributed by atoms with van der Waals surface area (Å²) in [4.78, 5) is 21.6. The van der Waals surface area contributed by atoms with Crippen molar-refractivity contribution in [3.05, 3.63) is 83.2 Å². The van der Waals surface area contributed by atoms with Gasteiger partial charge in [0.1, 0.15) is 30.5 Å². The quantitative estimate of drug-likeness (QED) is 0.512. The van der Waals surface area contributed by atoms with Gasteiger partial charge in [0.2, 0.25) is 0 Å². The van der Waals surface area contributed by atoms with Gasteiger partial charge in [0.05, 0.1) is 6.54 Å². The molecule has 1 aromatic heterocycles. The highest BCUT2D eigenvalue weighted by atomic mass is 19.1. The molecule has 0 unspecified atom stereocenters. The van der Waals surface area contributed by atoms with E-state index in [1.165, 1.54) is 12.1 Å². The number of nitrogens with zero attached hydrogens (tertiary/aromatic N) is 4. The van der Waals surface area contributed by atoms with Crippen LogP contribution in [0.2, 0.25) is 0 Å². The summed E-state index contributed by atoms with van der Waals surface area (Å²) < 4.78 is 26.0. The summed E-state index contributed by atoms with van der Waals surface area (Å²) in [5.74, 6) is 1.66. The molecule has 4 rings (SSSR count). The van der Waals surface area contributed by atoms with E-state index >= 15 is 0 Å². The normalized spacial score (nSPS) is 14.3. The van der Waals surface area contributed by atoms with Gasteiger partial charge in [-0.2, -0.15) is 0 Å². The van der Waals surface area contributed by atoms with Crippen molar-refractivity contribution in [3.8, 4) is 11.5 Å². The van der Waals surface area contributed by atoms with E-state index in [0.717, 1.165) is 38.5 Å². The lowest BCUT2D eigenvalue weighted by atomic mass is 10.3. The Morgan fingerprint density at radius 3 is 2.22 bits per heavy atom. The fraction of sp³-hybridized carbons (Fsp3) is 0.333. The lowest BCUT2D eigenvalue weighted by molar-refractivity contribution is 0.200.